The van der Waals surface area contributed by atoms with Gasteiger partial charge in [-0.1, -0.05) is 67.6 Å². The fourth-order valence-electron chi connectivity index (χ4n) is 4.48. The molecule has 6 nitrogen and oxygen atoms in total. The molecule has 2 aromatic heterocycles. The third kappa shape index (κ3) is 3.97. The molecule has 0 N–H and O–H groups in total. The molecule has 0 aliphatic rings. The minimum absolute atomic E-state index is 0.0979. The lowest BCUT2D eigenvalue weighted by atomic mass is 10.2. The highest BCUT2D eigenvalue weighted by Crippen LogP contribution is 2.20. The van der Waals surface area contributed by atoms with Gasteiger partial charge in [0.15, 0.2) is 0 Å². The van der Waals surface area contributed by atoms with Crippen LogP contribution in [0.4, 0.5) is 0 Å². The maximum absolute atomic E-state index is 13.6. The van der Waals surface area contributed by atoms with E-state index in [4.69, 9.17) is 17.3 Å². The summed E-state index contributed by atoms with van der Waals surface area (Å²) >= 11 is 5.93. The molecule has 2 heterocycles. The summed E-state index contributed by atoms with van der Waals surface area (Å²) in [5.41, 5.74) is 3.73. The molecule has 34 heavy (non-hydrogen) atoms. The van der Waals surface area contributed by atoms with Crippen molar-refractivity contribution in [2.24, 2.45) is 0 Å². The second-order valence-electron chi connectivity index (χ2n) is 8.54. The first kappa shape index (κ1) is 22.3. The lowest BCUT2D eigenvalue weighted by Crippen LogP contribution is -2.27. The molecule has 0 unspecified atom stereocenters. The number of rotatable bonds is 7. The van der Waals surface area contributed by atoms with E-state index in [0.29, 0.717) is 22.6 Å². The van der Waals surface area contributed by atoms with Crippen molar-refractivity contribution in [3.05, 3.63) is 105 Å². The van der Waals surface area contributed by atoms with Gasteiger partial charge in [0.2, 0.25) is 10.5 Å². The first-order valence-electron chi connectivity index (χ1n) is 11.5. The lowest BCUT2D eigenvalue weighted by Gasteiger charge is -2.21. The predicted molar refractivity (Wildman–Crippen MR) is 139 cm³/mol. The zero-order valence-corrected chi connectivity index (χ0v) is 20.2. The topological polar surface area (TPSA) is 47.5 Å². The summed E-state index contributed by atoms with van der Waals surface area (Å²) in [4.78, 5) is 16.0. The molecule has 0 fully saturated rings. The highest BCUT2D eigenvalue weighted by Gasteiger charge is 2.18. The van der Waals surface area contributed by atoms with E-state index in [9.17, 15) is 4.79 Å². The molecule has 0 aliphatic heterocycles. The van der Waals surface area contributed by atoms with E-state index in [2.05, 4.69) is 36.1 Å². The Kier molecular flexibility index (Phi) is 6.13. The number of para-hydroxylation sites is 2. The zero-order valence-electron chi connectivity index (χ0n) is 19.4. The zero-order chi connectivity index (χ0) is 23.7. The molecule has 0 saturated heterocycles. The van der Waals surface area contributed by atoms with Crippen LogP contribution in [0.15, 0.2) is 83.7 Å². The van der Waals surface area contributed by atoms with Crippen molar-refractivity contribution in [1.82, 2.24) is 23.6 Å². The summed E-state index contributed by atoms with van der Waals surface area (Å²) in [5.74, 6) is 0.527. The number of hydrogen-bond donors (Lipinski definition) is 0. The largest absolute Gasteiger partial charge is 0.280 e. The fourth-order valence-corrected chi connectivity index (χ4v) is 4.76. The van der Waals surface area contributed by atoms with Crippen LogP contribution in [0.3, 0.4) is 0 Å². The SMILES string of the molecule is CCCN(Cc1ccccc1)Cn1nc2n(-c3ccccc3C)c(=O)c3ccccc3n2c1=S. The van der Waals surface area contributed by atoms with E-state index in [0.717, 1.165) is 36.3 Å². The summed E-state index contributed by atoms with van der Waals surface area (Å²) < 4.78 is 6.02. The summed E-state index contributed by atoms with van der Waals surface area (Å²) in [6.45, 7) is 6.43. The first-order valence-corrected chi connectivity index (χ1v) is 11.9. The van der Waals surface area contributed by atoms with Crippen molar-refractivity contribution >= 4 is 28.9 Å². The summed E-state index contributed by atoms with van der Waals surface area (Å²) in [5, 5.41) is 5.52. The molecular weight excluding hydrogens is 442 g/mol. The van der Waals surface area contributed by atoms with Crippen molar-refractivity contribution in [3.8, 4) is 5.69 Å². The van der Waals surface area contributed by atoms with E-state index < -0.39 is 0 Å². The smallest absolute Gasteiger partial charge is 0.267 e. The summed E-state index contributed by atoms with van der Waals surface area (Å²) in [6.07, 6.45) is 1.02. The molecular formula is C27H27N5OS. The molecule has 0 saturated carbocycles. The van der Waals surface area contributed by atoms with E-state index in [-0.39, 0.29) is 5.56 Å². The fraction of sp³-hybridized carbons (Fsp3) is 0.222. The third-order valence-corrected chi connectivity index (χ3v) is 6.47. The Morgan fingerprint density at radius 2 is 1.65 bits per heavy atom. The van der Waals surface area contributed by atoms with Gasteiger partial charge in [-0.2, -0.15) is 0 Å². The van der Waals surface area contributed by atoms with E-state index in [1.807, 2.05) is 70.6 Å². The Bertz CT molecular complexity index is 1580. The van der Waals surface area contributed by atoms with Crippen LogP contribution in [-0.2, 0) is 13.2 Å². The van der Waals surface area contributed by atoms with Gasteiger partial charge in [-0.3, -0.25) is 14.1 Å². The van der Waals surface area contributed by atoms with Gasteiger partial charge in [-0.25, -0.2) is 9.25 Å². The van der Waals surface area contributed by atoms with Crippen molar-refractivity contribution in [1.29, 1.82) is 0 Å². The van der Waals surface area contributed by atoms with Crippen LogP contribution in [0.2, 0.25) is 0 Å². The number of nitrogens with zero attached hydrogens (tertiary/aromatic N) is 5. The Labute approximate surface area is 203 Å². The average Bonchev–Trinajstić information content (AvgIpc) is 3.17. The monoisotopic (exact) mass is 469 g/mol. The first-order chi connectivity index (χ1) is 16.6. The highest BCUT2D eigenvalue weighted by molar-refractivity contribution is 7.71. The molecule has 0 spiro atoms. The van der Waals surface area contributed by atoms with Crippen LogP contribution in [-0.4, -0.2) is 30.2 Å². The molecule has 5 rings (SSSR count). The molecule has 0 amide bonds. The minimum Gasteiger partial charge on any atom is -0.280 e. The van der Waals surface area contributed by atoms with Crippen LogP contribution in [0.1, 0.15) is 24.5 Å². The minimum atomic E-state index is -0.0979. The van der Waals surface area contributed by atoms with Crippen molar-refractivity contribution < 1.29 is 0 Å². The number of hydrogen-bond acceptors (Lipinski definition) is 4. The molecule has 0 radical (unpaired) electrons. The quantitative estimate of drug-likeness (QED) is 0.302. The van der Waals surface area contributed by atoms with Gasteiger partial charge in [-0.15, -0.1) is 5.10 Å². The Morgan fingerprint density at radius 1 is 0.941 bits per heavy atom. The number of aromatic nitrogens is 4. The Balaban J connectivity index is 1.71. The summed E-state index contributed by atoms with van der Waals surface area (Å²) in [7, 11) is 0. The van der Waals surface area contributed by atoms with Crippen LogP contribution in [0.25, 0.3) is 22.4 Å². The molecule has 0 bridgehead atoms. The van der Waals surface area contributed by atoms with Crippen molar-refractivity contribution in [2.75, 3.05) is 6.54 Å². The second-order valence-corrected chi connectivity index (χ2v) is 8.91. The van der Waals surface area contributed by atoms with Gasteiger partial charge in [0.05, 0.1) is 23.3 Å². The van der Waals surface area contributed by atoms with Crippen LogP contribution in [0.5, 0.6) is 0 Å². The van der Waals surface area contributed by atoms with Crippen molar-refractivity contribution in [2.45, 2.75) is 33.5 Å². The highest BCUT2D eigenvalue weighted by atomic mass is 32.1. The Hall–Kier alpha value is -3.55. The maximum atomic E-state index is 13.6. The number of benzene rings is 3. The molecule has 5 aromatic rings. The molecule has 7 heteroatoms. The van der Waals surface area contributed by atoms with Crippen molar-refractivity contribution in [3.63, 3.8) is 0 Å². The van der Waals surface area contributed by atoms with E-state index >= 15 is 0 Å². The van der Waals surface area contributed by atoms with Crippen LogP contribution >= 0.6 is 12.2 Å². The number of fused-ring (bicyclic) bond motifs is 3. The van der Waals surface area contributed by atoms with Gasteiger partial charge in [-0.05, 0) is 61.4 Å². The summed E-state index contributed by atoms with van der Waals surface area (Å²) in [6, 6.07) is 25.9. The van der Waals surface area contributed by atoms with Gasteiger partial charge in [0.25, 0.3) is 5.56 Å². The van der Waals surface area contributed by atoms with Gasteiger partial charge >= 0.3 is 0 Å². The van der Waals surface area contributed by atoms with Crippen LogP contribution < -0.4 is 5.56 Å². The lowest BCUT2D eigenvalue weighted by molar-refractivity contribution is 0.197. The molecule has 0 atom stereocenters. The predicted octanol–water partition coefficient (Wildman–Crippen LogP) is 5.35. The Morgan fingerprint density at radius 3 is 2.41 bits per heavy atom. The van der Waals surface area contributed by atoms with Crippen LogP contribution in [0, 0.1) is 11.7 Å². The second kappa shape index (κ2) is 9.37. The van der Waals surface area contributed by atoms with Gasteiger partial charge < -0.3 is 0 Å². The molecule has 3 aromatic carbocycles. The standard InChI is InChI=1S/C27H27N5OS/c1-3-17-29(18-21-12-5-4-6-13-21)19-30-27(34)32-24-16-10-8-14-22(24)25(33)31(26(32)28-30)23-15-9-7-11-20(23)2/h4-16H,3,17-19H2,1-2H3. The maximum Gasteiger partial charge on any atom is 0.267 e. The van der Waals surface area contributed by atoms with Gasteiger partial charge in [0.1, 0.15) is 0 Å². The molecule has 172 valence electrons. The van der Waals surface area contributed by atoms with Gasteiger partial charge in [0, 0.05) is 6.54 Å². The average molecular weight is 470 g/mol. The third-order valence-electron chi connectivity index (χ3n) is 6.08. The van der Waals surface area contributed by atoms with E-state index in [1.165, 1.54) is 5.56 Å². The normalized spacial score (nSPS) is 11.6. The molecule has 0 aliphatic carbocycles. The number of aryl methyl sites for hydroxylation is 1. The van der Waals surface area contributed by atoms with E-state index in [1.54, 1.807) is 4.57 Å².